The molecule has 17 heavy (non-hydrogen) atoms. The fourth-order valence-corrected chi connectivity index (χ4v) is 2.46. The third-order valence-electron chi connectivity index (χ3n) is 3.48. The molecule has 1 heterocycles. The highest BCUT2D eigenvalue weighted by molar-refractivity contribution is 5.80. The van der Waals surface area contributed by atoms with Gasteiger partial charge in [0.25, 0.3) is 0 Å². The van der Waals surface area contributed by atoms with E-state index < -0.39 is 0 Å². The smallest absolute Gasteiger partial charge is 0.235 e. The number of rotatable bonds is 7. The van der Waals surface area contributed by atoms with Gasteiger partial charge in [0.05, 0.1) is 6.04 Å². The number of hydrogen-bond donors (Lipinski definition) is 2. The molecule has 1 rings (SSSR count). The van der Waals surface area contributed by atoms with Crippen LogP contribution in [-0.2, 0) is 4.79 Å². The maximum atomic E-state index is 11.2. The summed E-state index contributed by atoms with van der Waals surface area (Å²) in [6, 6.07) is 0.381. The van der Waals surface area contributed by atoms with Crippen molar-refractivity contribution < 1.29 is 4.79 Å². The topological polar surface area (TPSA) is 61.6 Å². The normalized spacial score (nSPS) is 23.2. The summed E-state index contributed by atoms with van der Waals surface area (Å²) in [7, 11) is 4.22. The van der Waals surface area contributed by atoms with Crippen molar-refractivity contribution in [3.63, 3.8) is 0 Å². The second-order valence-electron chi connectivity index (χ2n) is 5.01. The molecule has 0 aromatic carbocycles. The monoisotopic (exact) mass is 242 g/mol. The molecule has 1 amide bonds. The van der Waals surface area contributed by atoms with Gasteiger partial charge in [0, 0.05) is 19.1 Å². The lowest BCUT2D eigenvalue weighted by Crippen LogP contribution is -2.50. The van der Waals surface area contributed by atoms with E-state index in [4.69, 9.17) is 5.73 Å². The van der Waals surface area contributed by atoms with E-state index in [0.717, 1.165) is 13.1 Å². The molecule has 1 fully saturated rings. The van der Waals surface area contributed by atoms with Crippen LogP contribution in [0.15, 0.2) is 0 Å². The van der Waals surface area contributed by atoms with Crippen molar-refractivity contribution in [3.8, 4) is 0 Å². The van der Waals surface area contributed by atoms with Gasteiger partial charge < -0.3 is 20.9 Å². The van der Waals surface area contributed by atoms with E-state index in [9.17, 15) is 4.79 Å². The summed E-state index contributed by atoms with van der Waals surface area (Å²) in [5.74, 6) is -0.265. The summed E-state index contributed by atoms with van der Waals surface area (Å²) in [5, 5.41) is 3.12. The molecule has 0 bridgehead atoms. The number of carbonyl (C=O) groups excluding carboxylic acids is 1. The van der Waals surface area contributed by atoms with Crippen LogP contribution in [0, 0.1) is 0 Å². The van der Waals surface area contributed by atoms with Gasteiger partial charge >= 0.3 is 0 Å². The van der Waals surface area contributed by atoms with Crippen molar-refractivity contribution in [3.05, 3.63) is 0 Å². The molecule has 0 radical (unpaired) electrons. The molecule has 0 aromatic rings. The van der Waals surface area contributed by atoms with Crippen LogP contribution in [-0.4, -0.2) is 68.1 Å². The Bertz CT molecular complexity index is 247. The van der Waals surface area contributed by atoms with Crippen LogP contribution in [0.1, 0.15) is 19.8 Å². The molecule has 0 spiro atoms. The largest absolute Gasteiger partial charge is 0.368 e. The van der Waals surface area contributed by atoms with Crippen LogP contribution in [0.4, 0.5) is 0 Å². The molecule has 1 aliphatic rings. The number of hydrogen-bond acceptors (Lipinski definition) is 4. The number of amides is 1. The maximum Gasteiger partial charge on any atom is 0.235 e. The van der Waals surface area contributed by atoms with E-state index in [-0.39, 0.29) is 11.9 Å². The Kier molecular flexibility index (Phi) is 5.88. The average Bonchev–Trinajstić information content (AvgIpc) is 2.63. The van der Waals surface area contributed by atoms with Gasteiger partial charge in [-0.1, -0.05) is 6.92 Å². The van der Waals surface area contributed by atoms with E-state index in [1.807, 2.05) is 6.92 Å². The van der Waals surface area contributed by atoms with E-state index in [1.165, 1.54) is 19.4 Å². The van der Waals surface area contributed by atoms with Gasteiger partial charge in [-0.25, -0.2) is 0 Å². The van der Waals surface area contributed by atoms with Gasteiger partial charge in [-0.05, 0) is 40.0 Å². The fourth-order valence-electron chi connectivity index (χ4n) is 2.46. The number of nitrogens with zero attached hydrogens (tertiary/aromatic N) is 2. The summed E-state index contributed by atoms with van der Waals surface area (Å²) in [6.07, 6.45) is 2.53. The van der Waals surface area contributed by atoms with Gasteiger partial charge in [0.15, 0.2) is 0 Å². The van der Waals surface area contributed by atoms with E-state index >= 15 is 0 Å². The van der Waals surface area contributed by atoms with Crippen LogP contribution in [0.5, 0.6) is 0 Å². The Morgan fingerprint density at radius 1 is 1.65 bits per heavy atom. The molecule has 2 unspecified atom stereocenters. The summed E-state index contributed by atoms with van der Waals surface area (Å²) in [5.41, 5.74) is 5.37. The number of carbonyl (C=O) groups is 1. The van der Waals surface area contributed by atoms with E-state index in [0.29, 0.717) is 12.6 Å². The highest BCUT2D eigenvalue weighted by Gasteiger charge is 2.24. The van der Waals surface area contributed by atoms with Crippen LogP contribution >= 0.6 is 0 Å². The predicted octanol–water partition coefficient (Wildman–Crippen LogP) is -0.524. The number of likely N-dealkylation sites (N-methyl/N-ethyl adjacent to an activating group) is 3. The zero-order valence-corrected chi connectivity index (χ0v) is 11.3. The van der Waals surface area contributed by atoms with Crippen molar-refractivity contribution in [2.45, 2.75) is 31.8 Å². The van der Waals surface area contributed by atoms with E-state index in [1.54, 1.807) is 0 Å². The van der Waals surface area contributed by atoms with Gasteiger partial charge in [0.2, 0.25) is 5.91 Å². The quantitative estimate of drug-likeness (QED) is 0.630. The molecule has 2 atom stereocenters. The molecule has 1 aliphatic heterocycles. The van der Waals surface area contributed by atoms with Gasteiger partial charge in [-0.2, -0.15) is 0 Å². The van der Waals surface area contributed by atoms with Crippen LogP contribution < -0.4 is 11.1 Å². The number of nitrogens with one attached hydrogen (secondary N) is 1. The summed E-state index contributed by atoms with van der Waals surface area (Å²) in [6.45, 7) is 5.63. The minimum Gasteiger partial charge on any atom is -0.368 e. The molecule has 0 aromatic heterocycles. The van der Waals surface area contributed by atoms with Crippen LogP contribution in [0.2, 0.25) is 0 Å². The van der Waals surface area contributed by atoms with Crippen molar-refractivity contribution in [2.24, 2.45) is 5.73 Å². The Morgan fingerprint density at radius 2 is 2.35 bits per heavy atom. The van der Waals surface area contributed by atoms with Crippen molar-refractivity contribution >= 4 is 5.91 Å². The minimum atomic E-state index is -0.265. The van der Waals surface area contributed by atoms with Gasteiger partial charge in [-0.15, -0.1) is 0 Å². The Labute approximate surface area is 104 Å². The van der Waals surface area contributed by atoms with Gasteiger partial charge in [0.1, 0.15) is 0 Å². The first-order chi connectivity index (χ1) is 8.04. The second kappa shape index (κ2) is 6.93. The molecule has 0 aliphatic carbocycles. The standard InChI is InChI=1S/C12H26N4O/c1-4-14-11(12(13)17)9-15(2)8-10-6-5-7-16(10)3/h10-11,14H,4-9H2,1-3H3,(H2,13,17). The zero-order valence-electron chi connectivity index (χ0n) is 11.3. The van der Waals surface area contributed by atoms with E-state index in [2.05, 4.69) is 29.2 Å². The third kappa shape index (κ3) is 4.61. The van der Waals surface area contributed by atoms with Gasteiger partial charge in [-0.3, -0.25) is 4.79 Å². The highest BCUT2D eigenvalue weighted by Crippen LogP contribution is 2.15. The molecule has 100 valence electrons. The lowest BCUT2D eigenvalue weighted by Gasteiger charge is -2.28. The molecular weight excluding hydrogens is 216 g/mol. The number of primary amides is 1. The Balaban J connectivity index is 2.36. The van der Waals surface area contributed by atoms with Crippen LogP contribution in [0.25, 0.3) is 0 Å². The first-order valence-corrected chi connectivity index (χ1v) is 6.46. The first-order valence-electron chi connectivity index (χ1n) is 6.46. The molecule has 0 saturated carbocycles. The van der Waals surface area contributed by atoms with Crippen molar-refractivity contribution in [2.75, 3.05) is 40.3 Å². The second-order valence-corrected chi connectivity index (χ2v) is 5.01. The molecule has 5 heteroatoms. The Hall–Kier alpha value is -0.650. The summed E-state index contributed by atoms with van der Waals surface area (Å²) < 4.78 is 0. The summed E-state index contributed by atoms with van der Waals surface area (Å²) >= 11 is 0. The lowest BCUT2D eigenvalue weighted by molar-refractivity contribution is -0.120. The molecule has 5 nitrogen and oxygen atoms in total. The fraction of sp³-hybridized carbons (Fsp3) is 0.917. The third-order valence-corrected chi connectivity index (χ3v) is 3.48. The van der Waals surface area contributed by atoms with Crippen LogP contribution in [0.3, 0.4) is 0 Å². The maximum absolute atomic E-state index is 11.2. The van der Waals surface area contributed by atoms with Crippen molar-refractivity contribution in [1.29, 1.82) is 0 Å². The predicted molar refractivity (Wildman–Crippen MR) is 69.8 cm³/mol. The number of nitrogens with two attached hydrogens (primary N) is 1. The molecule has 3 N–H and O–H groups in total. The summed E-state index contributed by atoms with van der Waals surface area (Å²) in [4.78, 5) is 15.8. The zero-order chi connectivity index (χ0) is 12.8. The lowest BCUT2D eigenvalue weighted by atomic mass is 10.2. The highest BCUT2D eigenvalue weighted by atomic mass is 16.1. The average molecular weight is 242 g/mol. The SMILES string of the molecule is CCNC(CN(C)CC1CCCN1C)C(N)=O. The first kappa shape index (κ1) is 14.4. The van der Waals surface area contributed by atoms with Crippen molar-refractivity contribution in [1.82, 2.24) is 15.1 Å². The number of likely N-dealkylation sites (tertiary alicyclic amines) is 1. The Morgan fingerprint density at radius 3 is 2.82 bits per heavy atom. The minimum absolute atomic E-state index is 0.239. The molecule has 1 saturated heterocycles. The molecular formula is C12H26N4O.